The van der Waals surface area contributed by atoms with Crippen molar-refractivity contribution >= 4 is 17.5 Å². The van der Waals surface area contributed by atoms with Crippen LogP contribution in [0.2, 0.25) is 0 Å². The zero-order valence-electron chi connectivity index (χ0n) is 13.3. The van der Waals surface area contributed by atoms with Crippen LogP contribution in [-0.2, 0) is 4.79 Å². The van der Waals surface area contributed by atoms with Crippen molar-refractivity contribution in [1.82, 2.24) is 19.8 Å². The third-order valence-corrected chi connectivity index (χ3v) is 3.69. The first-order chi connectivity index (χ1) is 9.97. The van der Waals surface area contributed by atoms with E-state index in [1.807, 2.05) is 25.1 Å². The van der Waals surface area contributed by atoms with E-state index >= 15 is 0 Å². The van der Waals surface area contributed by atoms with Crippen LogP contribution in [0.3, 0.4) is 0 Å². The van der Waals surface area contributed by atoms with Crippen molar-refractivity contribution in [2.45, 2.75) is 0 Å². The summed E-state index contributed by atoms with van der Waals surface area (Å²) in [6, 6.07) is 1.95. The van der Waals surface area contributed by atoms with Gasteiger partial charge in [-0.15, -0.1) is 0 Å². The first kappa shape index (κ1) is 15.5. The fourth-order valence-electron chi connectivity index (χ4n) is 2.14. The molecule has 7 heteroatoms. The molecule has 0 radical (unpaired) electrons. The maximum absolute atomic E-state index is 11.8. The van der Waals surface area contributed by atoms with Crippen molar-refractivity contribution < 1.29 is 4.79 Å². The van der Waals surface area contributed by atoms with Gasteiger partial charge >= 0.3 is 0 Å². The zero-order chi connectivity index (χ0) is 15.4. The van der Waals surface area contributed by atoms with E-state index in [0.29, 0.717) is 6.54 Å². The molecular formula is C14H24N6O. The van der Waals surface area contributed by atoms with Crippen molar-refractivity contribution in [3.05, 3.63) is 12.4 Å². The molecule has 0 atom stereocenters. The molecule has 0 aliphatic carbocycles. The number of carbonyl (C=O) groups excluding carboxylic acids is 1. The molecule has 1 aliphatic rings. The van der Waals surface area contributed by atoms with E-state index in [1.54, 1.807) is 11.2 Å². The lowest BCUT2D eigenvalue weighted by atomic mass is 10.3. The fraction of sp³-hybridized carbons (Fsp3) is 0.643. The lowest BCUT2D eigenvalue weighted by Gasteiger charge is -2.33. The normalized spacial score (nSPS) is 15.8. The SMILES string of the molecule is CN(C)CCN(C)c1cc(N2CCN(C)C(=O)C2)ncn1. The second-order valence-electron chi connectivity index (χ2n) is 5.70. The van der Waals surface area contributed by atoms with Crippen molar-refractivity contribution in [3.63, 3.8) is 0 Å². The van der Waals surface area contributed by atoms with E-state index in [1.165, 1.54) is 0 Å². The largest absolute Gasteiger partial charge is 0.358 e. The number of carbonyl (C=O) groups is 1. The number of amides is 1. The summed E-state index contributed by atoms with van der Waals surface area (Å²) in [6.07, 6.45) is 1.57. The molecule has 1 fully saturated rings. The second-order valence-corrected chi connectivity index (χ2v) is 5.70. The number of nitrogens with zero attached hydrogens (tertiary/aromatic N) is 6. The van der Waals surface area contributed by atoms with Gasteiger partial charge in [-0.2, -0.15) is 0 Å². The van der Waals surface area contributed by atoms with Crippen molar-refractivity contribution in [3.8, 4) is 0 Å². The molecule has 0 bridgehead atoms. The van der Waals surface area contributed by atoms with E-state index in [9.17, 15) is 4.79 Å². The lowest BCUT2D eigenvalue weighted by Crippen LogP contribution is -2.48. The van der Waals surface area contributed by atoms with Gasteiger partial charge in [-0.1, -0.05) is 0 Å². The highest BCUT2D eigenvalue weighted by Gasteiger charge is 2.22. The molecule has 1 aliphatic heterocycles. The van der Waals surface area contributed by atoms with E-state index in [2.05, 4.69) is 33.9 Å². The van der Waals surface area contributed by atoms with Crippen molar-refractivity contribution in [2.75, 3.05) is 70.7 Å². The number of hydrogen-bond acceptors (Lipinski definition) is 6. The van der Waals surface area contributed by atoms with Gasteiger partial charge in [0.1, 0.15) is 18.0 Å². The predicted octanol–water partition coefficient (Wildman–Crippen LogP) is -0.247. The van der Waals surface area contributed by atoms with Crippen LogP contribution in [0.5, 0.6) is 0 Å². The Hall–Kier alpha value is -1.89. The quantitative estimate of drug-likeness (QED) is 0.746. The van der Waals surface area contributed by atoms with Crippen LogP contribution in [0.15, 0.2) is 12.4 Å². The summed E-state index contributed by atoms with van der Waals surface area (Å²) in [6.45, 7) is 3.77. The molecule has 1 aromatic rings. The van der Waals surface area contributed by atoms with Crippen LogP contribution >= 0.6 is 0 Å². The van der Waals surface area contributed by atoms with E-state index in [0.717, 1.165) is 37.8 Å². The summed E-state index contributed by atoms with van der Waals surface area (Å²) in [5.74, 6) is 1.83. The van der Waals surface area contributed by atoms with Gasteiger partial charge in [0.2, 0.25) is 5.91 Å². The molecule has 1 amide bonds. The van der Waals surface area contributed by atoms with E-state index < -0.39 is 0 Å². The minimum absolute atomic E-state index is 0.127. The van der Waals surface area contributed by atoms with Gasteiger partial charge < -0.3 is 19.6 Å². The number of likely N-dealkylation sites (N-methyl/N-ethyl adjacent to an activating group) is 3. The summed E-state index contributed by atoms with van der Waals surface area (Å²) in [5.41, 5.74) is 0. The lowest BCUT2D eigenvalue weighted by molar-refractivity contribution is -0.129. The summed E-state index contributed by atoms with van der Waals surface area (Å²) in [4.78, 5) is 28.4. The van der Waals surface area contributed by atoms with Gasteiger partial charge in [-0.05, 0) is 14.1 Å². The number of aromatic nitrogens is 2. The molecule has 2 rings (SSSR count). The first-order valence-electron chi connectivity index (χ1n) is 7.14. The van der Waals surface area contributed by atoms with Crippen LogP contribution in [0.4, 0.5) is 11.6 Å². The highest BCUT2D eigenvalue weighted by Crippen LogP contribution is 2.18. The highest BCUT2D eigenvalue weighted by molar-refractivity contribution is 5.82. The van der Waals surface area contributed by atoms with Gasteiger partial charge in [0, 0.05) is 46.3 Å². The fourth-order valence-corrected chi connectivity index (χ4v) is 2.14. The maximum Gasteiger partial charge on any atom is 0.241 e. The molecule has 1 aromatic heterocycles. The van der Waals surface area contributed by atoms with Crippen LogP contribution in [0, 0.1) is 0 Å². The molecule has 0 aromatic carbocycles. The van der Waals surface area contributed by atoms with Crippen molar-refractivity contribution in [1.29, 1.82) is 0 Å². The molecule has 116 valence electrons. The molecule has 2 heterocycles. The van der Waals surface area contributed by atoms with Gasteiger partial charge in [0.25, 0.3) is 0 Å². The third-order valence-electron chi connectivity index (χ3n) is 3.69. The average Bonchev–Trinajstić information content (AvgIpc) is 2.47. The van der Waals surface area contributed by atoms with Crippen LogP contribution in [0.25, 0.3) is 0 Å². The molecule has 0 spiro atoms. The first-order valence-corrected chi connectivity index (χ1v) is 7.14. The Labute approximate surface area is 126 Å². The Balaban J connectivity index is 2.05. The van der Waals surface area contributed by atoms with Gasteiger partial charge in [-0.25, -0.2) is 9.97 Å². The molecule has 1 saturated heterocycles. The molecule has 0 saturated carbocycles. The number of anilines is 2. The van der Waals surface area contributed by atoms with Gasteiger partial charge in [-0.3, -0.25) is 4.79 Å². The molecule has 0 N–H and O–H groups in total. The zero-order valence-corrected chi connectivity index (χ0v) is 13.3. The second kappa shape index (κ2) is 6.71. The monoisotopic (exact) mass is 292 g/mol. The highest BCUT2D eigenvalue weighted by atomic mass is 16.2. The standard InChI is InChI=1S/C14H24N6O/c1-17(2)5-6-18(3)12-9-13(16-11-15-12)20-8-7-19(4)14(21)10-20/h9,11H,5-8,10H2,1-4H3. The number of piperazine rings is 1. The molecule has 21 heavy (non-hydrogen) atoms. The van der Waals surface area contributed by atoms with E-state index in [-0.39, 0.29) is 5.91 Å². The predicted molar refractivity (Wildman–Crippen MR) is 83.7 cm³/mol. The number of rotatable bonds is 5. The van der Waals surface area contributed by atoms with Gasteiger partial charge in [0.05, 0.1) is 6.54 Å². The van der Waals surface area contributed by atoms with Crippen LogP contribution < -0.4 is 9.80 Å². The minimum atomic E-state index is 0.127. The minimum Gasteiger partial charge on any atom is -0.358 e. The summed E-state index contributed by atoms with van der Waals surface area (Å²) >= 11 is 0. The third kappa shape index (κ3) is 4.04. The van der Waals surface area contributed by atoms with Crippen molar-refractivity contribution in [2.24, 2.45) is 0 Å². The summed E-state index contributed by atoms with van der Waals surface area (Å²) < 4.78 is 0. The summed E-state index contributed by atoms with van der Waals surface area (Å²) in [7, 11) is 7.95. The van der Waals surface area contributed by atoms with E-state index in [4.69, 9.17) is 0 Å². The Morgan fingerprint density at radius 1 is 1.19 bits per heavy atom. The molecule has 7 nitrogen and oxygen atoms in total. The van der Waals surface area contributed by atoms with Crippen LogP contribution in [0.1, 0.15) is 0 Å². The van der Waals surface area contributed by atoms with Gasteiger partial charge in [0.15, 0.2) is 0 Å². The smallest absolute Gasteiger partial charge is 0.241 e. The topological polar surface area (TPSA) is 55.8 Å². The molecule has 0 unspecified atom stereocenters. The Kier molecular flexibility index (Phi) is 4.95. The average molecular weight is 292 g/mol. The maximum atomic E-state index is 11.8. The Morgan fingerprint density at radius 2 is 1.95 bits per heavy atom. The molecular weight excluding hydrogens is 268 g/mol. The summed E-state index contributed by atoms with van der Waals surface area (Å²) in [5, 5.41) is 0. The Morgan fingerprint density at radius 3 is 2.62 bits per heavy atom. The Bertz CT molecular complexity index is 492. The van der Waals surface area contributed by atoms with Crippen LogP contribution in [-0.4, -0.2) is 86.6 Å². The number of hydrogen-bond donors (Lipinski definition) is 0.